The summed E-state index contributed by atoms with van der Waals surface area (Å²) in [5.41, 5.74) is 1.57. The molecule has 0 radical (unpaired) electrons. The monoisotopic (exact) mass is 527 g/mol. The molecule has 200 valence electrons. The van der Waals surface area contributed by atoms with Crippen LogP contribution in [0.1, 0.15) is 47.6 Å². The predicted octanol–water partition coefficient (Wildman–Crippen LogP) is 4.81. The highest BCUT2D eigenvalue weighted by molar-refractivity contribution is 5.94. The zero-order valence-corrected chi connectivity index (χ0v) is 21.2. The average Bonchev–Trinajstić information content (AvgIpc) is 3.51. The van der Waals surface area contributed by atoms with Crippen LogP contribution in [0.15, 0.2) is 42.9 Å². The molecule has 0 aliphatic heterocycles. The number of carbonyl (C=O) groups excluding carboxylic acids is 1. The Morgan fingerprint density at radius 1 is 1.11 bits per heavy atom. The van der Waals surface area contributed by atoms with Gasteiger partial charge in [-0.1, -0.05) is 0 Å². The van der Waals surface area contributed by atoms with Gasteiger partial charge in [-0.2, -0.15) is 23.4 Å². The summed E-state index contributed by atoms with van der Waals surface area (Å²) in [5, 5.41) is 15.5. The normalized spacial score (nSPS) is 17.9. The van der Waals surface area contributed by atoms with Gasteiger partial charge in [0, 0.05) is 56.1 Å². The standard InChI is InChI=1S/C26H28F3N7O2/c1-30-23-11-21-19(13-32-23)24(16-12-33-35(3)14-16)34-36(21)17-5-7-18(8-6-17)38-22-9-4-15(25(37)31-2)10-20(22)26(27,28)29/h4,9-14,17-18H,5-8H2,1-3H3,(H,30,32)(H,31,37)/t17-,18+. The Hall–Kier alpha value is -4.09. The molecule has 1 aliphatic carbocycles. The van der Waals surface area contributed by atoms with Crippen LogP contribution in [0.2, 0.25) is 0 Å². The number of hydrogen-bond acceptors (Lipinski definition) is 6. The van der Waals surface area contributed by atoms with Crippen molar-refractivity contribution in [2.45, 2.75) is 44.0 Å². The van der Waals surface area contributed by atoms with Gasteiger partial charge in [-0.05, 0) is 43.9 Å². The third kappa shape index (κ3) is 4.90. The lowest BCUT2D eigenvalue weighted by Crippen LogP contribution is -2.27. The molecule has 1 amide bonds. The van der Waals surface area contributed by atoms with E-state index in [4.69, 9.17) is 9.84 Å². The van der Waals surface area contributed by atoms with E-state index >= 15 is 0 Å². The van der Waals surface area contributed by atoms with Crippen LogP contribution < -0.4 is 15.4 Å². The van der Waals surface area contributed by atoms with Crippen molar-refractivity contribution in [3.8, 4) is 17.0 Å². The molecule has 12 heteroatoms. The van der Waals surface area contributed by atoms with E-state index in [0.29, 0.717) is 31.5 Å². The van der Waals surface area contributed by atoms with Crippen LogP contribution in [-0.4, -0.2) is 50.7 Å². The number of carbonyl (C=O) groups is 1. The van der Waals surface area contributed by atoms with E-state index in [1.165, 1.54) is 19.2 Å². The summed E-state index contributed by atoms with van der Waals surface area (Å²) in [6.45, 7) is 0. The van der Waals surface area contributed by atoms with Crippen LogP contribution in [0.4, 0.5) is 19.0 Å². The smallest absolute Gasteiger partial charge is 0.419 e. The lowest BCUT2D eigenvalue weighted by molar-refractivity contribution is -0.139. The van der Waals surface area contributed by atoms with E-state index in [1.54, 1.807) is 24.1 Å². The molecule has 3 heterocycles. The van der Waals surface area contributed by atoms with Crippen molar-refractivity contribution in [1.29, 1.82) is 0 Å². The van der Waals surface area contributed by atoms with Gasteiger partial charge < -0.3 is 15.4 Å². The molecule has 0 bridgehead atoms. The zero-order valence-electron chi connectivity index (χ0n) is 21.2. The van der Waals surface area contributed by atoms with E-state index in [0.717, 1.165) is 28.2 Å². The second-order valence-corrected chi connectivity index (χ2v) is 9.37. The zero-order chi connectivity index (χ0) is 27.0. The number of rotatable bonds is 6. The quantitative estimate of drug-likeness (QED) is 0.373. The van der Waals surface area contributed by atoms with Gasteiger partial charge in [-0.25, -0.2) is 4.98 Å². The Kier molecular flexibility index (Phi) is 6.72. The van der Waals surface area contributed by atoms with Crippen LogP contribution >= 0.6 is 0 Å². The van der Waals surface area contributed by atoms with Crippen molar-refractivity contribution in [2.24, 2.45) is 7.05 Å². The number of nitrogens with zero attached hydrogens (tertiary/aromatic N) is 5. The maximum atomic E-state index is 13.7. The molecule has 2 N–H and O–H groups in total. The van der Waals surface area contributed by atoms with Gasteiger partial charge >= 0.3 is 6.18 Å². The summed E-state index contributed by atoms with van der Waals surface area (Å²) in [7, 11) is 5.02. The fourth-order valence-corrected chi connectivity index (χ4v) is 4.93. The maximum absolute atomic E-state index is 13.7. The summed E-state index contributed by atoms with van der Waals surface area (Å²) < 4.78 is 50.8. The van der Waals surface area contributed by atoms with Gasteiger partial charge in [0.1, 0.15) is 17.3 Å². The first kappa shape index (κ1) is 25.6. The lowest BCUT2D eigenvalue weighted by atomic mass is 9.92. The minimum absolute atomic E-state index is 0.0487. The Morgan fingerprint density at radius 2 is 1.87 bits per heavy atom. The second kappa shape index (κ2) is 9.99. The number of alkyl halides is 3. The summed E-state index contributed by atoms with van der Waals surface area (Å²) in [6, 6.07) is 5.41. The molecule has 0 spiro atoms. The van der Waals surface area contributed by atoms with Crippen LogP contribution in [0, 0.1) is 0 Å². The topological polar surface area (TPSA) is 98.9 Å². The molecule has 1 saturated carbocycles. The van der Waals surface area contributed by atoms with E-state index in [1.807, 2.05) is 24.0 Å². The third-order valence-electron chi connectivity index (χ3n) is 6.88. The number of benzene rings is 1. The second-order valence-electron chi connectivity index (χ2n) is 9.37. The molecule has 0 saturated heterocycles. The molecule has 0 atom stereocenters. The average molecular weight is 528 g/mol. The number of aryl methyl sites for hydroxylation is 1. The number of hydrogen-bond donors (Lipinski definition) is 2. The van der Waals surface area contributed by atoms with Crippen molar-refractivity contribution in [3.63, 3.8) is 0 Å². The van der Waals surface area contributed by atoms with Crippen LogP contribution in [0.3, 0.4) is 0 Å². The maximum Gasteiger partial charge on any atom is 0.419 e. The Balaban J connectivity index is 1.38. The molecular formula is C26H28F3N7O2. The predicted molar refractivity (Wildman–Crippen MR) is 136 cm³/mol. The fraction of sp³-hybridized carbons (Fsp3) is 0.385. The number of anilines is 1. The lowest BCUT2D eigenvalue weighted by Gasteiger charge is -2.30. The third-order valence-corrected chi connectivity index (χ3v) is 6.88. The molecule has 1 aliphatic rings. The first-order valence-corrected chi connectivity index (χ1v) is 12.3. The minimum atomic E-state index is -4.65. The number of fused-ring (bicyclic) bond motifs is 1. The minimum Gasteiger partial charge on any atom is -0.490 e. The van der Waals surface area contributed by atoms with Gasteiger partial charge in [-0.3, -0.25) is 14.2 Å². The van der Waals surface area contributed by atoms with E-state index < -0.39 is 17.6 Å². The van der Waals surface area contributed by atoms with Crippen molar-refractivity contribution in [2.75, 3.05) is 19.4 Å². The molecule has 1 fully saturated rings. The van der Waals surface area contributed by atoms with Crippen molar-refractivity contribution in [3.05, 3.63) is 54.0 Å². The highest BCUT2D eigenvalue weighted by Gasteiger charge is 2.36. The van der Waals surface area contributed by atoms with Crippen LogP contribution in [0.25, 0.3) is 22.2 Å². The number of aromatic nitrogens is 5. The van der Waals surface area contributed by atoms with Gasteiger partial charge in [0.2, 0.25) is 0 Å². The number of nitrogens with one attached hydrogen (secondary N) is 2. The Labute approximate surface area is 217 Å². The molecule has 5 rings (SSSR count). The highest BCUT2D eigenvalue weighted by atomic mass is 19.4. The summed E-state index contributed by atoms with van der Waals surface area (Å²) in [4.78, 5) is 16.3. The molecular weight excluding hydrogens is 499 g/mol. The number of halogens is 3. The summed E-state index contributed by atoms with van der Waals surface area (Å²) in [6.07, 6.45) is 2.92. The van der Waals surface area contributed by atoms with Gasteiger partial charge in [0.15, 0.2) is 0 Å². The molecule has 4 aromatic rings. The Bertz CT molecular complexity index is 1470. The first-order valence-electron chi connectivity index (χ1n) is 12.3. The molecule has 1 aromatic carbocycles. The molecule has 9 nitrogen and oxygen atoms in total. The van der Waals surface area contributed by atoms with E-state index in [2.05, 4.69) is 20.7 Å². The summed E-state index contributed by atoms with van der Waals surface area (Å²) in [5.74, 6) is -0.133. The number of pyridine rings is 1. The van der Waals surface area contributed by atoms with Gasteiger partial charge in [-0.15, -0.1) is 0 Å². The number of ether oxygens (including phenoxy) is 1. The van der Waals surface area contributed by atoms with Crippen molar-refractivity contribution >= 4 is 22.6 Å². The van der Waals surface area contributed by atoms with Crippen molar-refractivity contribution in [1.82, 2.24) is 29.9 Å². The molecule has 38 heavy (non-hydrogen) atoms. The first-order chi connectivity index (χ1) is 18.2. The highest BCUT2D eigenvalue weighted by Crippen LogP contribution is 2.40. The Morgan fingerprint density at radius 3 is 2.50 bits per heavy atom. The van der Waals surface area contributed by atoms with E-state index in [9.17, 15) is 18.0 Å². The van der Waals surface area contributed by atoms with Gasteiger partial charge in [0.25, 0.3) is 5.91 Å². The number of amides is 1. The molecule has 0 unspecified atom stereocenters. The molecule has 3 aromatic heterocycles. The largest absolute Gasteiger partial charge is 0.490 e. The van der Waals surface area contributed by atoms with Crippen LogP contribution in [0.5, 0.6) is 5.75 Å². The van der Waals surface area contributed by atoms with Crippen molar-refractivity contribution < 1.29 is 22.7 Å². The van der Waals surface area contributed by atoms with Crippen LogP contribution in [-0.2, 0) is 13.2 Å². The summed E-state index contributed by atoms with van der Waals surface area (Å²) >= 11 is 0. The SMILES string of the molecule is CNC(=O)c1ccc(O[C@H]2CC[C@@H](n3nc(-c4cnn(C)c4)c4cnc(NC)cc43)CC2)c(C(F)(F)F)c1. The van der Waals surface area contributed by atoms with E-state index in [-0.39, 0.29) is 23.5 Å². The fourth-order valence-electron chi connectivity index (χ4n) is 4.93. The van der Waals surface area contributed by atoms with Gasteiger partial charge in [0.05, 0.1) is 29.4 Å².